The Morgan fingerprint density at radius 1 is 1.13 bits per heavy atom. The van der Waals surface area contributed by atoms with Gasteiger partial charge >= 0.3 is 5.97 Å². The Morgan fingerprint density at radius 2 is 1.85 bits per heavy atom. The molecule has 1 aromatic heterocycles. The molecule has 12 nitrogen and oxygen atoms in total. The monoisotopic (exact) mass is 574 g/mol. The minimum Gasteiger partial charge on any atom is -0.491 e. The van der Waals surface area contributed by atoms with Crippen LogP contribution in [-0.2, 0) is 27.3 Å². The Bertz CT molecular complexity index is 1390. The van der Waals surface area contributed by atoms with Gasteiger partial charge in [-0.05, 0) is 47.2 Å². The van der Waals surface area contributed by atoms with Gasteiger partial charge in [0.1, 0.15) is 24.9 Å². The molecule has 0 saturated heterocycles. The number of carboxylic acid groups (broad SMARTS) is 1. The van der Waals surface area contributed by atoms with E-state index in [2.05, 4.69) is 20.8 Å². The fraction of sp³-hybridized carbons (Fsp3) is 0.320. The Hall–Kier alpha value is -4.03. The summed E-state index contributed by atoms with van der Waals surface area (Å²) >= 11 is 12.5. The average Bonchev–Trinajstić information content (AvgIpc) is 3.26. The number of rotatable bonds is 10. The molecular formula is C25H24Cl2N6O6. The van der Waals surface area contributed by atoms with Crippen LogP contribution in [0, 0.1) is 0 Å². The Kier molecular flexibility index (Phi) is 8.77. The van der Waals surface area contributed by atoms with Crippen molar-refractivity contribution in [2.45, 2.75) is 38.4 Å². The first-order chi connectivity index (χ1) is 18.7. The van der Waals surface area contributed by atoms with Gasteiger partial charge in [-0.1, -0.05) is 41.4 Å². The van der Waals surface area contributed by atoms with Crippen molar-refractivity contribution in [2.24, 2.45) is 0 Å². The molecule has 2 aromatic carbocycles. The standard InChI is InChI=1S/C25H24Cl2N6O6/c1-14(32-9-10-39-21-8-3-2-5-15(21)25(32)38)24(37)28-19(12-23(35)36)20(34)13-33-22(29-30-31-33)11-16-17(26)6-4-7-18(16)27/h2-8,14,19H,9-13H2,1H3,(H,28,37)(H,35,36)/t14-,19?/m0/s1. The van der Waals surface area contributed by atoms with Crippen LogP contribution in [0.4, 0.5) is 0 Å². The molecule has 2 atom stereocenters. The van der Waals surface area contributed by atoms with Gasteiger partial charge in [-0.25, -0.2) is 4.68 Å². The van der Waals surface area contributed by atoms with Crippen molar-refractivity contribution in [1.82, 2.24) is 30.4 Å². The first-order valence-electron chi connectivity index (χ1n) is 11.9. The number of ether oxygens (including phenoxy) is 1. The van der Waals surface area contributed by atoms with Gasteiger partial charge < -0.3 is 20.1 Å². The number of carbonyl (C=O) groups is 4. The Labute approximate surface area is 232 Å². The van der Waals surface area contributed by atoms with Crippen molar-refractivity contribution in [3.8, 4) is 5.75 Å². The van der Waals surface area contributed by atoms with Crippen LogP contribution >= 0.6 is 23.2 Å². The second-order valence-corrected chi connectivity index (χ2v) is 9.59. The summed E-state index contributed by atoms with van der Waals surface area (Å²) in [5.41, 5.74) is 0.860. The number of aromatic nitrogens is 4. The molecule has 2 amide bonds. The normalized spacial score (nSPS) is 14.5. The molecule has 1 aliphatic heterocycles. The number of amides is 2. The number of carboxylic acids is 1. The van der Waals surface area contributed by atoms with Gasteiger partial charge in [0.2, 0.25) is 5.91 Å². The van der Waals surface area contributed by atoms with E-state index < -0.39 is 48.6 Å². The van der Waals surface area contributed by atoms with E-state index in [1.54, 1.807) is 42.5 Å². The number of aliphatic carboxylic acids is 1. The fourth-order valence-electron chi connectivity index (χ4n) is 4.09. The average molecular weight is 575 g/mol. The third-order valence-electron chi connectivity index (χ3n) is 6.21. The zero-order chi connectivity index (χ0) is 28.1. The molecule has 0 spiro atoms. The van der Waals surface area contributed by atoms with E-state index in [4.69, 9.17) is 27.9 Å². The van der Waals surface area contributed by atoms with Crippen LogP contribution in [-0.4, -0.2) is 79.0 Å². The molecule has 0 saturated carbocycles. The highest BCUT2D eigenvalue weighted by Crippen LogP contribution is 2.26. The summed E-state index contributed by atoms with van der Waals surface area (Å²) in [5, 5.41) is 24.0. The van der Waals surface area contributed by atoms with Crippen molar-refractivity contribution in [2.75, 3.05) is 13.2 Å². The molecule has 0 fully saturated rings. The van der Waals surface area contributed by atoms with Crippen LogP contribution < -0.4 is 10.1 Å². The maximum Gasteiger partial charge on any atom is 0.305 e. The number of para-hydroxylation sites is 1. The van der Waals surface area contributed by atoms with E-state index in [9.17, 15) is 24.3 Å². The highest BCUT2D eigenvalue weighted by Gasteiger charge is 2.33. The fourth-order valence-corrected chi connectivity index (χ4v) is 4.62. The number of hydrogen-bond acceptors (Lipinski definition) is 8. The molecule has 2 heterocycles. The molecule has 14 heteroatoms. The summed E-state index contributed by atoms with van der Waals surface area (Å²) in [6.45, 7) is 1.37. The van der Waals surface area contributed by atoms with Crippen molar-refractivity contribution in [3.05, 3.63) is 69.5 Å². The summed E-state index contributed by atoms with van der Waals surface area (Å²) < 4.78 is 6.81. The highest BCUT2D eigenvalue weighted by atomic mass is 35.5. The zero-order valence-corrected chi connectivity index (χ0v) is 22.2. The molecule has 0 radical (unpaired) electrons. The van der Waals surface area contributed by atoms with Crippen LogP contribution in [0.15, 0.2) is 42.5 Å². The largest absolute Gasteiger partial charge is 0.491 e. The van der Waals surface area contributed by atoms with E-state index in [1.165, 1.54) is 16.5 Å². The third kappa shape index (κ3) is 6.52. The smallest absolute Gasteiger partial charge is 0.305 e. The SMILES string of the molecule is C[C@@H](C(=O)NC(CC(=O)O)C(=O)Cn1nnnc1Cc1c(Cl)cccc1Cl)N1CCOc2ccccc2C1=O. The first kappa shape index (κ1) is 28.0. The molecule has 1 aliphatic rings. The Balaban J connectivity index is 1.47. The molecule has 0 bridgehead atoms. The van der Waals surface area contributed by atoms with Crippen LogP contribution in [0.3, 0.4) is 0 Å². The van der Waals surface area contributed by atoms with Gasteiger partial charge in [-0.15, -0.1) is 5.10 Å². The molecule has 3 aromatic rings. The number of fused-ring (bicyclic) bond motifs is 1. The number of halogens is 2. The molecule has 4 rings (SSSR count). The molecule has 204 valence electrons. The predicted molar refractivity (Wildman–Crippen MR) is 139 cm³/mol. The van der Waals surface area contributed by atoms with Crippen molar-refractivity contribution in [3.63, 3.8) is 0 Å². The first-order valence-corrected chi connectivity index (χ1v) is 12.7. The topological polar surface area (TPSA) is 157 Å². The lowest BCUT2D eigenvalue weighted by molar-refractivity contribution is -0.140. The summed E-state index contributed by atoms with van der Waals surface area (Å²) in [7, 11) is 0. The highest BCUT2D eigenvalue weighted by molar-refractivity contribution is 6.36. The number of Topliss-reactive ketones (excluding diaryl/α,β-unsaturated/α-hetero) is 1. The van der Waals surface area contributed by atoms with Gasteiger partial charge in [0.25, 0.3) is 5.91 Å². The summed E-state index contributed by atoms with van der Waals surface area (Å²) in [5.74, 6) is -2.37. The van der Waals surface area contributed by atoms with Crippen LogP contribution in [0.1, 0.15) is 35.1 Å². The number of nitrogens with one attached hydrogen (secondary N) is 1. The lowest BCUT2D eigenvalue weighted by atomic mass is 10.1. The van der Waals surface area contributed by atoms with E-state index in [-0.39, 0.29) is 25.4 Å². The molecule has 0 aliphatic carbocycles. The summed E-state index contributed by atoms with van der Waals surface area (Å²) in [6, 6.07) is 9.26. The maximum atomic E-state index is 13.2. The third-order valence-corrected chi connectivity index (χ3v) is 6.92. The zero-order valence-electron chi connectivity index (χ0n) is 20.7. The van der Waals surface area contributed by atoms with E-state index in [0.717, 1.165) is 0 Å². The van der Waals surface area contributed by atoms with Gasteiger partial charge in [-0.2, -0.15) is 0 Å². The van der Waals surface area contributed by atoms with Crippen LogP contribution in [0.2, 0.25) is 10.0 Å². The second-order valence-electron chi connectivity index (χ2n) is 8.77. The van der Waals surface area contributed by atoms with E-state index >= 15 is 0 Å². The summed E-state index contributed by atoms with van der Waals surface area (Å²) in [4.78, 5) is 52.2. The van der Waals surface area contributed by atoms with Crippen molar-refractivity contribution >= 4 is 46.8 Å². The molecular weight excluding hydrogens is 551 g/mol. The minimum absolute atomic E-state index is 0.117. The number of nitrogens with zero attached hydrogens (tertiary/aromatic N) is 5. The Morgan fingerprint density at radius 3 is 2.56 bits per heavy atom. The van der Waals surface area contributed by atoms with E-state index in [1.807, 2.05) is 0 Å². The number of carbonyl (C=O) groups excluding carboxylic acids is 3. The quantitative estimate of drug-likeness (QED) is 0.369. The lowest BCUT2D eigenvalue weighted by Gasteiger charge is -2.28. The van der Waals surface area contributed by atoms with Gasteiger partial charge in [0, 0.05) is 16.5 Å². The van der Waals surface area contributed by atoms with Crippen molar-refractivity contribution in [1.29, 1.82) is 0 Å². The molecule has 2 N–H and O–H groups in total. The van der Waals surface area contributed by atoms with E-state index in [0.29, 0.717) is 26.9 Å². The lowest BCUT2D eigenvalue weighted by Crippen LogP contribution is -2.53. The van der Waals surface area contributed by atoms with Gasteiger partial charge in [0.15, 0.2) is 11.6 Å². The van der Waals surface area contributed by atoms with Gasteiger partial charge in [0.05, 0.1) is 24.6 Å². The summed E-state index contributed by atoms with van der Waals surface area (Å²) in [6.07, 6.45) is -0.558. The maximum absolute atomic E-state index is 13.2. The van der Waals surface area contributed by atoms with Crippen LogP contribution in [0.25, 0.3) is 0 Å². The van der Waals surface area contributed by atoms with Crippen LogP contribution in [0.5, 0.6) is 5.75 Å². The number of hydrogen-bond donors (Lipinski definition) is 2. The minimum atomic E-state index is -1.40. The second kappa shape index (κ2) is 12.2. The molecule has 1 unspecified atom stereocenters. The number of tetrazole rings is 1. The predicted octanol–water partition coefficient (Wildman–Crippen LogP) is 2.02. The molecule has 39 heavy (non-hydrogen) atoms. The number of benzene rings is 2. The van der Waals surface area contributed by atoms with Gasteiger partial charge in [-0.3, -0.25) is 19.2 Å². The number of ketones is 1. The van der Waals surface area contributed by atoms with Crippen molar-refractivity contribution < 1.29 is 29.0 Å².